The van der Waals surface area contributed by atoms with Crippen LogP contribution in [-0.2, 0) is 0 Å². The van der Waals surface area contributed by atoms with Crippen LogP contribution in [0.25, 0.3) is 0 Å². The summed E-state index contributed by atoms with van der Waals surface area (Å²) in [7, 11) is 0. The first-order valence-electron chi connectivity index (χ1n) is 3.79. The van der Waals surface area contributed by atoms with Gasteiger partial charge in [-0.3, -0.25) is 0 Å². The highest BCUT2D eigenvalue weighted by Crippen LogP contribution is 2.18. The fraction of sp³-hybridized carbons (Fsp3) is 0.300. The summed E-state index contributed by atoms with van der Waals surface area (Å²) in [6.07, 6.45) is 0. The van der Waals surface area contributed by atoms with Crippen molar-refractivity contribution in [3.05, 3.63) is 36.2 Å². The topological polar surface area (TPSA) is 9.23 Å². The Hall–Kier alpha value is -0.980. The van der Waals surface area contributed by atoms with Crippen LogP contribution in [0.3, 0.4) is 0 Å². The van der Waals surface area contributed by atoms with Gasteiger partial charge in [-0.15, -0.1) is 0 Å². The van der Waals surface area contributed by atoms with E-state index < -0.39 is 0 Å². The van der Waals surface area contributed by atoms with E-state index in [1.165, 1.54) is 5.56 Å². The molecule has 1 heteroatoms. The zero-order chi connectivity index (χ0) is 8.27. The van der Waals surface area contributed by atoms with Crippen molar-refractivity contribution in [2.75, 3.05) is 6.61 Å². The first-order chi connectivity index (χ1) is 5.24. The molecule has 1 nitrogen and oxygen atoms in total. The van der Waals surface area contributed by atoms with E-state index in [-0.39, 0.29) is 0 Å². The highest BCUT2D eigenvalue weighted by atomic mass is 16.5. The maximum atomic E-state index is 5.38. The molecular weight excluding hydrogens is 136 g/mol. The van der Waals surface area contributed by atoms with E-state index in [0.29, 0.717) is 6.61 Å². The van der Waals surface area contributed by atoms with Crippen molar-refractivity contribution in [3.63, 3.8) is 0 Å². The standard InChI is InChI=1S/C10H13O/c1-4-11-10-7-8(2)5-6-9(10)3/h5-7H,2,4H2,1,3H3. The Balaban J connectivity index is 2.93. The quantitative estimate of drug-likeness (QED) is 0.628. The number of hydrogen-bond acceptors (Lipinski definition) is 1. The SMILES string of the molecule is [CH2]c1ccc(C)c(OCC)c1. The third-order valence-corrected chi connectivity index (χ3v) is 1.55. The summed E-state index contributed by atoms with van der Waals surface area (Å²) < 4.78 is 5.38. The summed E-state index contributed by atoms with van der Waals surface area (Å²) in [6, 6.07) is 5.96. The zero-order valence-electron chi connectivity index (χ0n) is 7.05. The van der Waals surface area contributed by atoms with Gasteiger partial charge in [-0.1, -0.05) is 12.1 Å². The highest BCUT2D eigenvalue weighted by Gasteiger charge is 1.96. The molecule has 0 saturated carbocycles. The lowest BCUT2D eigenvalue weighted by atomic mass is 10.1. The van der Waals surface area contributed by atoms with Gasteiger partial charge >= 0.3 is 0 Å². The van der Waals surface area contributed by atoms with E-state index in [2.05, 4.69) is 6.92 Å². The first-order valence-corrected chi connectivity index (χ1v) is 3.79. The fourth-order valence-corrected chi connectivity index (χ4v) is 0.956. The molecule has 0 aliphatic carbocycles. The van der Waals surface area contributed by atoms with Crippen molar-refractivity contribution in [2.24, 2.45) is 0 Å². The minimum absolute atomic E-state index is 0.713. The minimum atomic E-state index is 0.713. The van der Waals surface area contributed by atoms with E-state index in [9.17, 15) is 0 Å². The summed E-state index contributed by atoms with van der Waals surface area (Å²) in [5.41, 5.74) is 2.17. The Morgan fingerprint density at radius 1 is 1.45 bits per heavy atom. The molecule has 11 heavy (non-hydrogen) atoms. The van der Waals surface area contributed by atoms with Crippen LogP contribution in [0.2, 0.25) is 0 Å². The van der Waals surface area contributed by atoms with Gasteiger partial charge in [0.1, 0.15) is 5.75 Å². The molecule has 0 aromatic heterocycles. The van der Waals surface area contributed by atoms with E-state index >= 15 is 0 Å². The Labute approximate surface area is 68.0 Å². The highest BCUT2D eigenvalue weighted by molar-refractivity contribution is 5.37. The largest absolute Gasteiger partial charge is 0.494 e. The number of aryl methyl sites for hydroxylation is 1. The van der Waals surface area contributed by atoms with Crippen LogP contribution < -0.4 is 4.74 Å². The molecular formula is C10H13O. The number of hydrogen-bond donors (Lipinski definition) is 0. The maximum absolute atomic E-state index is 5.38. The van der Waals surface area contributed by atoms with E-state index in [0.717, 1.165) is 11.3 Å². The van der Waals surface area contributed by atoms with Crippen molar-refractivity contribution < 1.29 is 4.74 Å². The molecule has 0 atom stereocenters. The van der Waals surface area contributed by atoms with Crippen molar-refractivity contribution in [1.82, 2.24) is 0 Å². The van der Waals surface area contributed by atoms with Gasteiger partial charge in [-0.25, -0.2) is 0 Å². The smallest absolute Gasteiger partial charge is 0.122 e. The molecule has 1 radical (unpaired) electrons. The van der Waals surface area contributed by atoms with Crippen LogP contribution in [-0.4, -0.2) is 6.61 Å². The van der Waals surface area contributed by atoms with Crippen LogP contribution in [0.5, 0.6) is 5.75 Å². The third-order valence-electron chi connectivity index (χ3n) is 1.55. The van der Waals surface area contributed by atoms with Gasteiger partial charge in [0.2, 0.25) is 0 Å². The summed E-state index contributed by atoms with van der Waals surface area (Å²) in [5.74, 6) is 0.944. The molecule has 1 aromatic rings. The lowest BCUT2D eigenvalue weighted by Crippen LogP contribution is -1.93. The lowest BCUT2D eigenvalue weighted by molar-refractivity contribution is 0.338. The predicted molar refractivity (Wildman–Crippen MR) is 46.8 cm³/mol. The Bertz CT molecular complexity index is 241. The summed E-state index contributed by atoms with van der Waals surface area (Å²) in [4.78, 5) is 0. The molecule has 1 aromatic carbocycles. The lowest BCUT2D eigenvalue weighted by Gasteiger charge is -2.06. The van der Waals surface area contributed by atoms with Crippen molar-refractivity contribution in [3.8, 4) is 5.75 Å². The summed E-state index contributed by atoms with van der Waals surface area (Å²) >= 11 is 0. The van der Waals surface area contributed by atoms with Gasteiger partial charge in [0.15, 0.2) is 0 Å². The van der Waals surface area contributed by atoms with Gasteiger partial charge in [-0.2, -0.15) is 0 Å². The van der Waals surface area contributed by atoms with Crippen molar-refractivity contribution in [2.45, 2.75) is 13.8 Å². The molecule has 0 bridgehead atoms. The maximum Gasteiger partial charge on any atom is 0.122 e. The minimum Gasteiger partial charge on any atom is -0.494 e. The van der Waals surface area contributed by atoms with E-state index in [1.54, 1.807) is 0 Å². The van der Waals surface area contributed by atoms with E-state index in [4.69, 9.17) is 4.74 Å². The molecule has 0 N–H and O–H groups in total. The second kappa shape index (κ2) is 3.42. The number of rotatable bonds is 2. The number of benzene rings is 1. The molecule has 59 valence electrons. The Morgan fingerprint density at radius 2 is 2.18 bits per heavy atom. The first kappa shape index (κ1) is 8.12. The average Bonchev–Trinajstić information content (AvgIpc) is 1.98. The van der Waals surface area contributed by atoms with Crippen LogP contribution in [0, 0.1) is 13.8 Å². The monoisotopic (exact) mass is 149 g/mol. The Morgan fingerprint density at radius 3 is 2.82 bits per heavy atom. The van der Waals surface area contributed by atoms with Crippen molar-refractivity contribution >= 4 is 0 Å². The van der Waals surface area contributed by atoms with Crippen molar-refractivity contribution in [1.29, 1.82) is 0 Å². The third kappa shape index (κ3) is 1.97. The van der Waals surface area contributed by atoms with Crippen LogP contribution >= 0.6 is 0 Å². The normalized spacial score (nSPS) is 9.73. The molecule has 0 aliphatic heterocycles. The molecule has 0 unspecified atom stereocenters. The van der Waals surface area contributed by atoms with Gasteiger partial charge in [0, 0.05) is 0 Å². The second-order valence-electron chi connectivity index (χ2n) is 2.53. The Kier molecular flexibility index (Phi) is 2.53. The molecule has 0 saturated heterocycles. The van der Waals surface area contributed by atoms with Crippen LogP contribution in [0.15, 0.2) is 18.2 Å². The van der Waals surface area contributed by atoms with Gasteiger partial charge in [-0.05, 0) is 38.0 Å². The van der Waals surface area contributed by atoms with Gasteiger partial charge in [0.25, 0.3) is 0 Å². The van der Waals surface area contributed by atoms with E-state index in [1.807, 2.05) is 32.0 Å². The second-order valence-corrected chi connectivity index (χ2v) is 2.53. The summed E-state index contributed by atoms with van der Waals surface area (Å²) in [5, 5.41) is 0. The fourth-order valence-electron chi connectivity index (χ4n) is 0.956. The van der Waals surface area contributed by atoms with Crippen LogP contribution in [0.4, 0.5) is 0 Å². The molecule has 0 spiro atoms. The summed E-state index contributed by atoms with van der Waals surface area (Å²) in [6.45, 7) is 8.55. The number of ether oxygens (including phenoxy) is 1. The molecule has 0 amide bonds. The molecule has 1 rings (SSSR count). The predicted octanol–water partition coefficient (Wildman–Crippen LogP) is 2.58. The average molecular weight is 149 g/mol. The van der Waals surface area contributed by atoms with Gasteiger partial charge < -0.3 is 4.74 Å². The molecule has 0 aliphatic rings. The molecule has 0 fully saturated rings. The van der Waals surface area contributed by atoms with Gasteiger partial charge in [0.05, 0.1) is 6.61 Å². The zero-order valence-corrected chi connectivity index (χ0v) is 7.05. The molecule has 0 heterocycles. The van der Waals surface area contributed by atoms with Crippen LogP contribution in [0.1, 0.15) is 18.1 Å².